The van der Waals surface area contributed by atoms with Crippen molar-refractivity contribution in [3.8, 4) is 0 Å². The zero-order valence-corrected chi connectivity index (χ0v) is 25.8. The van der Waals surface area contributed by atoms with Crippen LogP contribution in [0.15, 0.2) is 59.8 Å². The number of carbonyl (C=O) groups is 3. The van der Waals surface area contributed by atoms with Gasteiger partial charge in [-0.05, 0) is 54.2 Å². The molecule has 1 aliphatic carbocycles. The molecular weight excluding hydrogens is 639 g/mol. The molecule has 3 aromatic rings. The molecule has 5 heterocycles. The second-order valence-corrected chi connectivity index (χ2v) is 14.7. The summed E-state index contributed by atoms with van der Waals surface area (Å²) in [4.78, 5) is 62.0. The van der Waals surface area contributed by atoms with E-state index in [-0.39, 0.29) is 33.8 Å². The van der Waals surface area contributed by atoms with E-state index >= 15 is 0 Å². The third-order valence-electron chi connectivity index (χ3n) is 6.83. The fourth-order valence-corrected chi connectivity index (χ4v) is 9.62. The number of oxime groups is 1. The van der Waals surface area contributed by atoms with Crippen LogP contribution < -0.4 is 16.5 Å². The molecule has 3 aromatic heterocycles. The van der Waals surface area contributed by atoms with Crippen molar-refractivity contribution in [2.45, 2.75) is 47.4 Å². The van der Waals surface area contributed by atoms with E-state index in [9.17, 15) is 24.3 Å². The second-order valence-electron chi connectivity index (χ2n) is 9.53. The first kappa shape index (κ1) is 28.9. The summed E-state index contributed by atoms with van der Waals surface area (Å²) in [6.07, 6.45) is 5.31. The van der Waals surface area contributed by atoms with E-state index in [1.807, 2.05) is 11.4 Å². The SMILES string of the molecule is Nc1nc(/C(=N/OC2CCCC2)C(=O)NC2C(=O)N3C(C(=O)O)=C(/C=C/Sc4cc(=O)c5sccc5s4)CS[C@H]23)cs1. The number of carboxylic acids is 1. The third kappa shape index (κ3) is 5.73. The van der Waals surface area contributed by atoms with Crippen LogP contribution in [0.25, 0.3) is 9.40 Å². The highest BCUT2D eigenvalue weighted by molar-refractivity contribution is 8.04. The number of amides is 2. The molecule has 0 bridgehead atoms. The number of carbonyl (C=O) groups excluding carboxylic acids is 2. The Morgan fingerprint density at radius 3 is 2.81 bits per heavy atom. The van der Waals surface area contributed by atoms with Crippen LogP contribution in [0.5, 0.6) is 0 Å². The molecule has 3 aliphatic rings. The van der Waals surface area contributed by atoms with Gasteiger partial charge in [0.15, 0.2) is 16.3 Å². The molecule has 0 spiro atoms. The number of fused-ring (bicyclic) bond motifs is 2. The van der Waals surface area contributed by atoms with Crippen LogP contribution >= 0.6 is 57.5 Å². The molecule has 2 aliphatic heterocycles. The number of hydrogen-bond acceptors (Lipinski definition) is 13. The number of rotatable bonds is 9. The summed E-state index contributed by atoms with van der Waals surface area (Å²) in [7, 11) is 0. The van der Waals surface area contributed by atoms with Crippen molar-refractivity contribution in [1.29, 1.82) is 0 Å². The third-order valence-corrected chi connectivity index (χ3v) is 11.9. The zero-order valence-electron chi connectivity index (χ0n) is 21.7. The predicted molar refractivity (Wildman–Crippen MR) is 167 cm³/mol. The van der Waals surface area contributed by atoms with Gasteiger partial charge in [0, 0.05) is 17.2 Å². The average molecular weight is 662 g/mol. The average Bonchev–Trinajstić information content (AvgIpc) is 3.74. The number of thiazole rings is 1. The first-order valence-electron chi connectivity index (χ1n) is 12.8. The number of nitrogens with one attached hydrogen (secondary N) is 1. The highest BCUT2D eigenvalue weighted by Gasteiger charge is 2.54. The number of allylic oxidation sites excluding steroid dienone is 1. The van der Waals surface area contributed by atoms with E-state index in [4.69, 9.17) is 10.6 Å². The van der Waals surface area contributed by atoms with Crippen molar-refractivity contribution in [3.63, 3.8) is 0 Å². The lowest BCUT2D eigenvalue weighted by Crippen LogP contribution is -2.71. The van der Waals surface area contributed by atoms with Crippen molar-refractivity contribution in [3.05, 3.63) is 61.6 Å². The van der Waals surface area contributed by atoms with Crippen LogP contribution in [0.4, 0.5) is 5.13 Å². The maximum atomic E-state index is 13.3. The Morgan fingerprint density at radius 2 is 2.07 bits per heavy atom. The van der Waals surface area contributed by atoms with Crippen LogP contribution in [0.3, 0.4) is 0 Å². The Labute approximate surface area is 259 Å². The van der Waals surface area contributed by atoms with Gasteiger partial charge < -0.3 is 21.0 Å². The minimum atomic E-state index is -1.24. The van der Waals surface area contributed by atoms with Gasteiger partial charge in [-0.15, -0.1) is 45.8 Å². The number of carboxylic acid groups (broad SMARTS) is 1. The highest BCUT2D eigenvalue weighted by Crippen LogP contribution is 2.41. The fourth-order valence-electron chi connectivity index (χ4n) is 4.81. The van der Waals surface area contributed by atoms with Gasteiger partial charge in [-0.1, -0.05) is 16.9 Å². The van der Waals surface area contributed by atoms with Crippen molar-refractivity contribution in [2.75, 3.05) is 11.5 Å². The van der Waals surface area contributed by atoms with Crippen molar-refractivity contribution in [1.82, 2.24) is 15.2 Å². The molecule has 4 N–H and O–H groups in total. The number of hydrogen-bond donors (Lipinski definition) is 3. The Kier molecular flexibility index (Phi) is 8.40. The number of aliphatic carboxylic acids is 1. The number of aromatic nitrogens is 1. The van der Waals surface area contributed by atoms with E-state index in [1.54, 1.807) is 22.9 Å². The Balaban J connectivity index is 1.17. The number of thiophene rings is 1. The first-order chi connectivity index (χ1) is 20.3. The van der Waals surface area contributed by atoms with Gasteiger partial charge in [0.2, 0.25) is 0 Å². The lowest BCUT2D eigenvalue weighted by molar-refractivity contribution is -0.150. The van der Waals surface area contributed by atoms with E-state index in [1.165, 1.54) is 51.1 Å². The summed E-state index contributed by atoms with van der Waals surface area (Å²) in [5.41, 5.74) is 6.21. The summed E-state index contributed by atoms with van der Waals surface area (Å²) >= 11 is 6.70. The quantitative estimate of drug-likeness (QED) is 0.132. The lowest BCUT2D eigenvalue weighted by Gasteiger charge is -2.49. The lowest BCUT2D eigenvalue weighted by atomic mass is 10.0. The second kappa shape index (κ2) is 12.2. The molecule has 1 unspecified atom stereocenters. The molecule has 1 saturated carbocycles. The van der Waals surface area contributed by atoms with Crippen LogP contribution in [0.2, 0.25) is 0 Å². The molecular formula is C26H23N5O6S5. The monoisotopic (exact) mass is 661 g/mol. The molecule has 16 heteroatoms. The molecule has 2 atom stereocenters. The van der Waals surface area contributed by atoms with Gasteiger partial charge >= 0.3 is 5.97 Å². The number of nitrogens with two attached hydrogens (primary N) is 1. The fraction of sp³-hybridized carbons (Fsp3) is 0.308. The minimum absolute atomic E-state index is 0.0491. The minimum Gasteiger partial charge on any atom is -0.477 e. The molecule has 2 amide bonds. The predicted octanol–water partition coefficient (Wildman–Crippen LogP) is 4.07. The number of nitrogen functional groups attached to an aromatic ring is 1. The van der Waals surface area contributed by atoms with Crippen molar-refractivity contribution < 1.29 is 24.3 Å². The van der Waals surface area contributed by atoms with Gasteiger partial charge in [-0.2, -0.15) is 0 Å². The zero-order chi connectivity index (χ0) is 29.4. The standard InChI is InChI=1S/C26H23N5O6S5/c27-26-28-14(11-41-26)18(30-37-13-3-1-2-4-13)22(33)29-19-23(34)31-20(25(35)36)12(10-40-24(19)31)5-7-38-17-9-15(32)21-16(42-17)6-8-39-21/h5-9,11,13,19,24H,1-4,10H2,(H2,27,28)(H,29,33)(H,35,36)/b7-5+,30-18-/t19?,24-/m1/s1. The van der Waals surface area contributed by atoms with Gasteiger partial charge in [-0.25, -0.2) is 9.78 Å². The summed E-state index contributed by atoms with van der Waals surface area (Å²) in [5.74, 6) is -2.11. The molecule has 2 fully saturated rings. The van der Waals surface area contributed by atoms with Gasteiger partial charge in [0.05, 0.1) is 13.6 Å². The molecule has 1 saturated heterocycles. The Morgan fingerprint density at radius 1 is 1.26 bits per heavy atom. The maximum absolute atomic E-state index is 13.3. The summed E-state index contributed by atoms with van der Waals surface area (Å²) in [6, 6.07) is 2.52. The number of β-lactam (4-membered cyclic amide) rings is 1. The summed E-state index contributed by atoms with van der Waals surface area (Å²) < 4.78 is 2.40. The Hall–Kier alpha value is -3.18. The van der Waals surface area contributed by atoms with E-state index in [0.29, 0.717) is 16.0 Å². The highest BCUT2D eigenvalue weighted by atomic mass is 32.2. The van der Waals surface area contributed by atoms with Crippen LogP contribution in [0, 0.1) is 0 Å². The van der Waals surface area contributed by atoms with Crippen molar-refractivity contribution in [2.24, 2.45) is 5.16 Å². The van der Waals surface area contributed by atoms with E-state index in [0.717, 1.165) is 45.9 Å². The van der Waals surface area contributed by atoms with E-state index in [2.05, 4.69) is 15.5 Å². The van der Waals surface area contributed by atoms with Gasteiger partial charge in [-0.3, -0.25) is 19.3 Å². The first-order valence-corrected chi connectivity index (χ1v) is 17.3. The molecule has 218 valence electrons. The largest absolute Gasteiger partial charge is 0.477 e. The molecule has 11 nitrogen and oxygen atoms in total. The smallest absolute Gasteiger partial charge is 0.352 e. The molecule has 0 aromatic carbocycles. The summed E-state index contributed by atoms with van der Waals surface area (Å²) in [5, 5.41) is 21.6. The topological polar surface area (TPSA) is 164 Å². The van der Waals surface area contributed by atoms with Gasteiger partial charge in [0.1, 0.15) is 28.9 Å². The number of nitrogens with zero attached hydrogens (tertiary/aromatic N) is 3. The van der Waals surface area contributed by atoms with Crippen molar-refractivity contribution >= 4 is 95.6 Å². The Bertz CT molecular complexity index is 1720. The van der Waals surface area contributed by atoms with Crippen LogP contribution in [-0.2, 0) is 19.2 Å². The van der Waals surface area contributed by atoms with Crippen LogP contribution in [-0.4, -0.2) is 61.8 Å². The van der Waals surface area contributed by atoms with E-state index < -0.39 is 29.2 Å². The normalized spacial score (nSPS) is 21.2. The maximum Gasteiger partial charge on any atom is 0.352 e. The molecule has 0 radical (unpaired) electrons. The van der Waals surface area contributed by atoms with Gasteiger partial charge in [0.25, 0.3) is 11.8 Å². The molecule has 42 heavy (non-hydrogen) atoms. The van der Waals surface area contributed by atoms with Crippen LogP contribution in [0.1, 0.15) is 31.4 Å². The molecule has 6 rings (SSSR count). The number of anilines is 1. The number of thioether (sulfide) groups is 2. The summed E-state index contributed by atoms with van der Waals surface area (Å²) in [6.45, 7) is 0.